The minimum atomic E-state index is -0.428. The van der Waals surface area contributed by atoms with Gasteiger partial charge < -0.3 is 5.73 Å². The molecule has 0 amide bonds. The van der Waals surface area contributed by atoms with Crippen LogP contribution in [0.4, 0.5) is 4.39 Å². The monoisotopic (exact) mass is 269 g/mol. The summed E-state index contributed by atoms with van der Waals surface area (Å²) in [6.45, 7) is 0. The van der Waals surface area contributed by atoms with Gasteiger partial charge in [-0.25, -0.2) is 4.39 Å². The number of benzene rings is 1. The Morgan fingerprint density at radius 3 is 2.89 bits per heavy atom. The van der Waals surface area contributed by atoms with Gasteiger partial charge in [0.05, 0.1) is 11.1 Å². The Hall–Kier alpha value is -0.930. The van der Waals surface area contributed by atoms with Crippen molar-refractivity contribution in [2.75, 3.05) is 0 Å². The molecule has 2 N–H and O–H groups in total. The van der Waals surface area contributed by atoms with Crippen LogP contribution in [0.25, 0.3) is 0 Å². The van der Waals surface area contributed by atoms with Gasteiger partial charge >= 0.3 is 0 Å². The second kappa shape index (κ2) is 5.81. The minimum Gasteiger partial charge on any atom is -0.322 e. The quantitative estimate of drug-likeness (QED) is 0.862. The molecule has 0 unspecified atom stereocenters. The van der Waals surface area contributed by atoms with Gasteiger partial charge in [-0.2, -0.15) is 0 Å². The third-order valence-electron chi connectivity index (χ3n) is 3.37. The highest BCUT2D eigenvalue weighted by Gasteiger charge is 2.26. The van der Waals surface area contributed by atoms with Gasteiger partial charge in [-0.3, -0.25) is 4.79 Å². The molecule has 1 aromatic rings. The normalized spacial score (nSPS) is 16.6. The number of halogens is 2. The molecule has 0 aliphatic heterocycles. The van der Waals surface area contributed by atoms with E-state index in [-0.39, 0.29) is 23.3 Å². The van der Waals surface area contributed by atoms with E-state index in [0.717, 1.165) is 6.42 Å². The van der Waals surface area contributed by atoms with Crippen LogP contribution >= 0.6 is 11.6 Å². The van der Waals surface area contributed by atoms with Crippen molar-refractivity contribution in [1.29, 1.82) is 0 Å². The van der Waals surface area contributed by atoms with Crippen LogP contribution in [0.1, 0.15) is 31.2 Å². The zero-order valence-electron chi connectivity index (χ0n) is 10.2. The van der Waals surface area contributed by atoms with Crippen LogP contribution in [0.3, 0.4) is 0 Å². The molecule has 1 fully saturated rings. The van der Waals surface area contributed by atoms with Crippen molar-refractivity contribution >= 4 is 17.4 Å². The number of aryl methyl sites for hydroxylation is 1. The molecule has 0 heterocycles. The van der Waals surface area contributed by atoms with Gasteiger partial charge in [-0.05, 0) is 30.4 Å². The Morgan fingerprint density at radius 1 is 1.50 bits per heavy atom. The fraction of sp³-hybridized carbons (Fsp3) is 0.500. The lowest BCUT2D eigenvalue weighted by Crippen LogP contribution is -2.31. The Bertz CT molecular complexity index is 445. The Morgan fingerprint density at radius 2 is 2.22 bits per heavy atom. The third kappa shape index (κ3) is 3.53. The van der Waals surface area contributed by atoms with Gasteiger partial charge in [0.2, 0.25) is 0 Å². The number of carbonyl (C=O) groups excluding carboxylic acids is 1. The number of hydrogen-bond donors (Lipinski definition) is 1. The summed E-state index contributed by atoms with van der Waals surface area (Å²) in [6.07, 6.45) is 3.79. The van der Waals surface area contributed by atoms with Crippen LogP contribution in [-0.4, -0.2) is 11.8 Å². The molecule has 1 aromatic carbocycles. The highest BCUT2D eigenvalue weighted by atomic mass is 35.5. The summed E-state index contributed by atoms with van der Waals surface area (Å²) in [4.78, 5) is 11.8. The fourth-order valence-electron chi connectivity index (χ4n) is 2.03. The molecule has 4 heteroatoms. The molecule has 1 atom stereocenters. The largest absolute Gasteiger partial charge is 0.322 e. The van der Waals surface area contributed by atoms with Gasteiger partial charge in [-0.1, -0.05) is 36.6 Å². The first kappa shape index (κ1) is 13.5. The lowest BCUT2D eigenvalue weighted by Gasteiger charge is -2.10. The molecule has 0 radical (unpaired) electrons. The Balaban J connectivity index is 1.86. The summed E-state index contributed by atoms with van der Waals surface area (Å²) >= 11 is 5.68. The summed E-state index contributed by atoms with van der Waals surface area (Å²) in [7, 11) is 0. The second-order valence-corrected chi connectivity index (χ2v) is 5.37. The van der Waals surface area contributed by atoms with Crippen LogP contribution < -0.4 is 5.73 Å². The lowest BCUT2D eigenvalue weighted by atomic mass is 10.00. The van der Waals surface area contributed by atoms with Crippen LogP contribution in [0.15, 0.2) is 18.2 Å². The smallest absolute Gasteiger partial charge is 0.149 e. The van der Waals surface area contributed by atoms with Crippen LogP contribution in [-0.2, 0) is 11.2 Å². The van der Waals surface area contributed by atoms with Crippen molar-refractivity contribution in [1.82, 2.24) is 0 Å². The molecule has 0 aromatic heterocycles. The first-order chi connectivity index (χ1) is 8.58. The van der Waals surface area contributed by atoms with E-state index in [2.05, 4.69) is 0 Å². The maximum Gasteiger partial charge on any atom is 0.149 e. The van der Waals surface area contributed by atoms with Crippen molar-refractivity contribution in [2.45, 2.75) is 38.1 Å². The molecule has 0 saturated heterocycles. The summed E-state index contributed by atoms with van der Waals surface area (Å²) in [5, 5.41) is 0.0993. The number of Topliss-reactive ketones (excluding diaryl/α,β-unsaturated/α-hetero) is 1. The number of carbonyl (C=O) groups is 1. The van der Waals surface area contributed by atoms with E-state index in [0.29, 0.717) is 17.9 Å². The molecule has 1 aliphatic carbocycles. The van der Waals surface area contributed by atoms with E-state index >= 15 is 0 Å². The molecular weight excluding hydrogens is 253 g/mol. The molecule has 18 heavy (non-hydrogen) atoms. The topological polar surface area (TPSA) is 43.1 Å². The second-order valence-electron chi connectivity index (χ2n) is 4.96. The average molecular weight is 270 g/mol. The van der Waals surface area contributed by atoms with Crippen molar-refractivity contribution in [2.24, 2.45) is 11.7 Å². The van der Waals surface area contributed by atoms with Gasteiger partial charge in [-0.15, -0.1) is 0 Å². The highest BCUT2D eigenvalue weighted by Crippen LogP contribution is 2.33. The molecule has 0 spiro atoms. The summed E-state index contributed by atoms with van der Waals surface area (Å²) in [5.41, 5.74) is 6.30. The van der Waals surface area contributed by atoms with Crippen molar-refractivity contribution in [3.05, 3.63) is 34.6 Å². The van der Waals surface area contributed by atoms with Crippen LogP contribution in [0.5, 0.6) is 0 Å². The lowest BCUT2D eigenvalue weighted by molar-refractivity contribution is -0.120. The van der Waals surface area contributed by atoms with Gasteiger partial charge in [0.25, 0.3) is 0 Å². The summed E-state index contributed by atoms with van der Waals surface area (Å²) in [6, 6.07) is 4.46. The zero-order valence-corrected chi connectivity index (χ0v) is 10.9. The van der Waals surface area contributed by atoms with E-state index in [9.17, 15) is 9.18 Å². The third-order valence-corrected chi connectivity index (χ3v) is 3.66. The summed E-state index contributed by atoms with van der Waals surface area (Å²) < 4.78 is 13.6. The molecule has 2 rings (SSSR count). The molecule has 0 bridgehead atoms. The number of ketones is 1. The zero-order chi connectivity index (χ0) is 13.1. The van der Waals surface area contributed by atoms with E-state index in [4.69, 9.17) is 17.3 Å². The highest BCUT2D eigenvalue weighted by molar-refractivity contribution is 6.30. The van der Waals surface area contributed by atoms with E-state index in [1.807, 2.05) is 0 Å². The predicted molar refractivity (Wildman–Crippen MR) is 70.1 cm³/mol. The standard InChI is InChI=1S/C14H17ClFNO/c15-11-3-1-2-10(14(11)16)6-7-13(18)12(17)8-9-4-5-9/h1-3,9,12H,4-8,17H2/t12-/m0/s1. The fourth-order valence-corrected chi connectivity index (χ4v) is 2.22. The number of hydrogen-bond acceptors (Lipinski definition) is 2. The van der Waals surface area contributed by atoms with Crippen molar-refractivity contribution in [3.8, 4) is 0 Å². The van der Waals surface area contributed by atoms with E-state index < -0.39 is 5.82 Å². The average Bonchev–Trinajstić information content (AvgIpc) is 3.14. The Labute approximate surface area is 111 Å². The van der Waals surface area contributed by atoms with Crippen LogP contribution in [0.2, 0.25) is 5.02 Å². The maximum absolute atomic E-state index is 13.6. The molecule has 1 saturated carbocycles. The molecule has 1 aliphatic rings. The number of nitrogens with two attached hydrogens (primary N) is 1. The first-order valence-electron chi connectivity index (χ1n) is 6.29. The van der Waals surface area contributed by atoms with Crippen molar-refractivity contribution < 1.29 is 9.18 Å². The van der Waals surface area contributed by atoms with Gasteiger partial charge in [0, 0.05) is 6.42 Å². The van der Waals surface area contributed by atoms with Gasteiger partial charge in [0.15, 0.2) is 0 Å². The van der Waals surface area contributed by atoms with Crippen molar-refractivity contribution in [3.63, 3.8) is 0 Å². The molecule has 98 valence electrons. The minimum absolute atomic E-state index is 0.0151. The maximum atomic E-state index is 13.6. The van der Waals surface area contributed by atoms with Gasteiger partial charge in [0.1, 0.15) is 11.6 Å². The molecule has 2 nitrogen and oxygen atoms in total. The van der Waals surface area contributed by atoms with Crippen LogP contribution in [0, 0.1) is 11.7 Å². The van der Waals surface area contributed by atoms with E-state index in [1.54, 1.807) is 12.1 Å². The SMILES string of the molecule is N[C@@H](CC1CC1)C(=O)CCc1cccc(Cl)c1F. The van der Waals surface area contributed by atoms with E-state index in [1.165, 1.54) is 18.9 Å². The summed E-state index contributed by atoms with van der Waals surface area (Å²) in [5.74, 6) is 0.218. The number of rotatable bonds is 6. The first-order valence-corrected chi connectivity index (χ1v) is 6.67. The molecular formula is C14H17ClFNO. The Kier molecular flexibility index (Phi) is 4.36. The predicted octanol–water partition coefficient (Wildman–Crippen LogP) is 3.11.